The van der Waals surface area contributed by atoms with Crippen LogP contribution in [-0.4, -0.2) is 42.1 Å². The van der Waals surface area contributed by atoms with E-state index in [1.807, 2.05) is 34.0 Å². The third kappa shape index (κ3) is 3.94. The largest absolute Gasteiger partial charge is 0.389 e. The van der Waals surface area contributed by atoms with Crippen molar-refractivity contribution in [1.29, 1.82) is 0 Å². The number of nitrogens with zero attached hydrogens (tertiary/aromatic N) is 2. The second-order valence-electron chi connectivity index (χ2n) is 4.37. The summed E-state index contributed by atoms with van der Waals surface area (Å²) in [5, 5.41) is 3.36. The van der Waals surface area contributed by atoms with Gasteiger partial charge in [-0.25, -0.2) is 0 Å². The standard InChI is InChI=1S/C12H20N4S/c1-8-7-10(14-5-6-16(3)4)11(12(13)17)9(2)15-8/h7H,5-6H2,1-4H3,(H2,13,17)(H,14,15). The number of nitrogens with two attached hydrogens (primary N) is 1. The molecule has 4 nitrogen and oxygen atoms in total. The highest BCUT2D eigenvalue weighted by Crippen LogP contribution is 2.19. The number of hydrogen-bond donors (Lipinski definition) is 2. The number of anilines is 1. The van der Waals surface area contributed by atoms with Crippen molar-refractivity contribution >= 4 is 22.9 Å². The van der Waals surface area contributed by atoms with E-state index >= 15 is 0 Å². The first-order chi connectivity index (χ1) is 7.91. The lowest BCUT2D eigenvalue weighted by molar-refractivity contribution is 0.425. The molecule has 1 rings (SSSR count). The van der Waals surface area contributed by atoms with Gasteiger partial charge < -0.3 is 16.0 Å². The Hall–Kier alpha value is -1.20. The molecule has 0 aromatic carbocycles. The zero-order valence-corrected chi connectivity index (χ0v) is 11.7. The fourth-order valence-electron chi connectivity index (χ4n) is 1.69. The smallest absolute Gasteiger partial charge is 0.107 e. The summed E-state index contributed by atoms with van der Waals surface area (Å²) in [4.78, 5) is 6.89. The Labute approximate surface area is 108 Å². The number of hydrogen-bond acceptors (Lipinski definition) is 4. The molecule has 0 radical (unpaired) electrons. The van der Waals surface area contributed by atoms with Gasteiger partial charge in [0.15, 0.2) is 0 Å². The fraction of sp³-hybridized carbons (Fsp3) is 0.500. The number of pyridine rings is 1. The van der Waals surface area contributed by atoms with Crippen molar-refractivity contribution < 1.29 is 0 Å². The zero-order valence-electron chi connectivity index (χ0n) is 10.9. The first-order valence-corrected chi connectivity index (χ1v) is 5.99. The van der Waals surface area contributed by atoms with Crippen LogP contribution in [0.5, 0.6) is 0 Å². The second-order valence-corrected chi connectivity index (χ2v) is 4.81. The topological polar surface area (TPSA) is 54.2 Å². The van der Waals surface area contributed by atoms with Crippen LogP contribution in [0.4, 0.5) is 5.69 Å². The molecule has 94 valence electrons. The molecule has 0 spiro atoms. The molecule has 1 aromatic heterocycles. The molecule has 0 aliphatic heterocycles. The highest BCUT2D eigenvalue weighted by atomic mass is 32.1. The Bertz CT molecular complexity index is 415. The summed E-state index contributed by atoms with van der Waals surface area (Å²) >= 11 is 5.07. The maximum atomic E-state index is 5.74. The van der Waals surface area contributed by atoms with E-state index in [2.05, 4.69) is 15.2 Å². The molecular formula is C12H20N4S. The summed E-state index contributed by atoms with van der Waals surface area (Å²) in [5.41, 5.74) is 9.41. The lowest BCUT2D eigenvalue weighted by Gasteiger charge is -2.16. The van der Waals surface area contributed by atoms with E-state index in [9.17, 15) is 0 Å². The molecule has 0 atom stereocenters. The minimum absolute atomic E-state index is 0.391. The van der Waals surface area contributed by atoms with Gasteiger partial charge >= 0.3 is 0 Å². The monoisotopic (exact) mass is 252 g/mol. The minimum atomic E-state index is 0.391. The van der Waals surface area contributed by atoms with E-state index < -0.39 is 0 Å². The second kappa shape index (κ2) is 5.93. The van der Waals surface area contributed by atoms with Gasteiger partial charge in [0, 0.05) is 30.2 Å². The van der Waals surface area contributed by atoms with Gasteiger partial charge in [-0.2, -0.15) is 0 Å². The lowest BCUT2D eigenvalue weighted by atomic mass is 10.1. The predicted octanol–water partition coefficient (Wildman–Crippen LogP) is 1.31. The summed E-state index contributed by atoms with van der Waals surface area (Å²) < 4.78 is 0. The van der Waals surface area contributed by atoms with Crippen LogP contribution in [0.1, 0.15) is 17.0 Å². The molecule has 0 unspecified atom stereocenters. The Morgan fingerprint density at radius 3 is 2.65 bits per heavy atom. The van der Waals surface area contributed by atoms with Crippen molar-refractivity contribution in [2.45, 2.75) is 13.8 Å². The average Bonchev–Trinajstić information content (AvgIpc) is 2.14. The summed E-state index contributed by atoms with van der Waals surface area (Å²) in [6.45, 7) is 5.70. The third-order valence-corrected chi connectivity index (χ3v) is 2.65. The van der Waals surface area contributed by atoms with Gasteiger partial charge in [-0.15, -0.1) is 0 Å². The van der Waals surface area contributed by atoms with Crippen molar-refractivity contribution in [3.63, 3.8) is 0 Å². The molecule has 5 heteroatoms. The molecular weight excluding hydrogens is 232 g/mol. The highest BCUT2D eigenvalue weighted by molar-refractivity contribution is 7.80. The van der Waals surface area contributed by atoms with E-state index in [1.165, 1.54) is 0 Å². The summed E-state index contributed by atoms with van der Waals surface area (Å²) in [6, 6.07) is 1.98. The maximum absolute atomic E-state index is 5.74. The van der Waals surface area contributed by atoms with E-state index in [0.717, 1.165) is 35.7 Å². The number of nitrogens with one attached hydrogen (secondary N) is 1. The number of aromatic nitrogens is 1. The Kier molecular flexibility index (Phi) is 4.84. The van der Waals surface area contributed by atoms with Gasteiger partial charge in [-0.05, 0) is 34.0 Å². The summed E-state index contributed by atoms with van der Waals surface area (Å²) in [5.74, 6) is 0. The van der Waals surface area contributed by atoms with Gasteiger partial charge in [0.1, 0.15) is 4.99 Å². The van der Waals surface area contributed by atoms with E-state index in [-0.39, 0.29) is 0 Å². The van der Waals surface area contributed by atoms with Crippen LogP contribution in [0.2, 0.25) is 0 Å². The number of rotatable bonds is 5. The first-order valence-electron chi connectivity index (χ1n) is 5.58. The van der Waals surface area contributed by atoms with Crippen molar-refractivity contribution in [3.05, 3.63) is 23.0 Å². The van der Waals surface area contributed by atoms with Crippen molar-refractivity contribution in [2.24, 2.45) is 5.73 Å². The van der Waals surface area contributed by atoms with Gasteiger partial charge in [0.05, 0.1) is 5.56 Å². The van der Waals surface area contributed by atoms with Crippen LogP contribution in [0.25, 0.3) is 0 Å². The number of thiocarbonyl (C=S) groups is 1. The fourth-order valence-corrected chi connectivity index (χ4v) is 1.95. The van der Waals surface area contributed by atoms with Crippen molar-refractivity contribution in [3.8, 4) is 0 Å². The van der Waals surface area contributed by atoms with Crippen LogP contribution >= 0.6 is 12.2 Å². The molecule has 0 saturated heterocycles. The molecule has 17 heavy (non-hydrogen) atoms. The van der Waals surface area contributed by atoms with Crippen LogP contribution in [-0.2, 0) is 0 Å². The molecule has 0 bridgehead atoms. The minimum Gasteiger partial charge on any atom is -0.389 e. The zero-order chi connectivity index (χ0) is 13.0. The quantitative estimate of drug-likeness (QED) is 0.774. The predicted molar refractivity (Wildman–Crippen MR) is 76.6 cm³/mol. The molecule has 0 aliphatic carbocycles. The lowest BCUT2D eigenvalue weighted by Crippen LogP contribution is -2.23. The van der Waals surface area contributed by atoms with Crippen LogP contribution in [0.3, 0.4) is 0 Å². The maximum Gasteiger partial charge on any atom is 0.107 e. The molecule has 0 fully saturated rings. The van der Waals surface area contributed by atoms with Gasteiger partial charge in [-0.1, -0.05) is 12.2 Å². The molecule has 1 aromatic rings. The number of likely N-dealkylation sites (N-methyl/N-ethyl adjacent to an activating group) is 1. The van der Waals surface area contributed by atoms with E-state index in [0.29, 0.717) is 4.99 Å². The first kappa shape index (κ1) is 13.9. The van der Waals surface area contributed by atoms with Crippen LogP contribution in [0.15, 0.2) is 6.07 Å². The van der Waals surface area contributed by atoms with Gasteiger partial charge in [0.2, 0.25) is 0 Å². The summed E-state index contributed by atoms with van der Waals surface area (Å²) in [6.07, 6.45) is 0. The van der Waals surface area contributed by atoms with Crippen molar-refractivity contribution in [1.82, 2.24) is 9.88 Å². The van der Waals surface area contributed by atoms with Gasteiger partial charge in [-0.3, -0.25) is 4.98 Å². The van der Waals surface area contributed by atoms with E-state index in [4.69, 9.17) is 18.0 Å². The Balaban J connectivity index is 2.92. The molecule has 0 saturated carbocycles. The molecule has 0 amide bonds. The Morgan fingerprint density at radius 2 is 2.12 bits per heavy atom. The average molecular weight is 252 g/mol. The van der Waals surface area contributed by atoms with Crippen molar-refractivity contribution in [2.75, 3.05) is 32.5 Å². The third-order valence-electron chi connectivity index (χ3n) is 2.45. The molecule has 3 N–H and O–H groups in total. The van der Waals surface area contributed by atoms with Crippen LogP contribution < -0.4 is 11.1 Å². The highest BCUT2D eigenvalue weighted by Gasteiger charge is 2.10. The van der Waals surface area contributed by atoms with Crippen LogP contribution in [0, 0.1) is 13.8 Å². The number of aryl methyl sites for hydroxylation is 2. The normalized spacial score (nSPS) is 10.6. The Morgan fingerprint density at radius 1 is 1.47 bits per heavy atom. The molecule has 0 aliphatic rings. The van der Waals surface area contributed by atoms with E-state index in [1.54, 1.807) is 0 Å². The van der Waals surface area contributed by atoms with Gasteiger partial charge in [0.25, 0.3) is 0 Å². The SMILES string of the molecule is Cc1cc(NCCN(C)C)c(C(N)=S)c(C)n1. The molecule has 1 heterocycles. The summed E-state index contributed by atoms with van der Waals surface area (Å²) in [7, 11) is 4.08.